The van der Waals surface area contributed by atoms with E-state index in [4.69, 9.17) is 9.26 Å². The summed E-state index contributed by atoms with van der Waals surface area (Å²) in [5.41, 5.74) is 0. The molecule has 0 radical (unpaired) electrons. The Morgan fingerprint density at radius 1 is 1.44 bits per heavy atom. The minimum Gasteiger partial charge on any atom is -0.492 e. The van der Waals surface area contributed by atoms with Gasteiger partial charge in [-0.15, -0.1) is 0 Å². The first-order valence-corrected chi connectivity index (χ1v) is 8.31. The molecule has 1 aromatic carbocycles. The van der Waals surface area contributed by atoms with E-state index in [9.17, 15) is 9.18 Å². The summed E-state index contributed by atoms with van der Waals surface area (Å²) in [6, 6.07) is 5.80. The Labute approximate surface area is 145 Å². The van der Waals surface area contributed by atoms with Gasteiger partial charge < -0.3 is 14.6 Å². The van der Waals surface area contributed by atoms with Gasteiger partial charge in [0, 0.05) is 6.92 Å². The van der Waals surface area contributed by atoms with Crippen LogP contribution in [0.15, 0.2) is 28.8 Å². The smallest absolute Gasteiger partial charge is 0.234 e. The average molecular weight is 348 g/mol. The number of carbonyl (C=O) groups is 1. The lowest BCUT2D eigenvalue weighted by Crippen LogP contribution is -2.38. The van der Waals surface area contributed by atoms with Crippen molar-refractivity contribution in [3.63, 3.8) is 0 Å². The number of carbonyl (C=O) groups excluding carboxylic acids is 1. The molecule has 0 saturated carbocycles. The highest BCUT2D eigenvalue weighted by atomic mass is 19.1. The Kier molecular flexibility index (Phi) is 5.60. The van der Waals surface area contributed by atoms with Gasteiger partial charge in [0.05, 0.1) is 19.1 Å². The molecule has 1 atom stereocenters. The van der Waals surface area contributed by atoms with Crippen molar-refractivity contribution in [2.45, 2.75) is 25.8 Å². The summed E-state index contributed by atoms with van der Waals surface area (Å²) in [6.07, 6.45) is 1.92. The van der Waals surface area contributed by atoms with Gasteiger partial charge in [0.1, 0.15) is 18.2 Å². The molecule has 1 N–H and O–H groups in total. The van der Waals surface area contributed by atoms with E-state index in [2.05, 4.69) is 20.4 Å². The summed E-state index contributed by atoms with van der Waals surface area (Å²) < 4.78 is 23.3. The molecule has 3 rings (SSSR count). The van der Waals surface area contributed by atoms with Crippen LogP contribution < -0.4 is 10.1 Å². The van der Waals surface area contributed by atoms with E-state index in [0.29, 0.717) is 30.6 Å². The zero-order valence-corrected chi connectivity index (χ0v) is 14.1. The molecule has 134 valence electrons. The maximum atomic E-state index is 12.8. The SMILES string of the molecule is Cc1nc([C@H]2CCCN2CC(=O)NCCOc2ccc(F)cc2)no1. The Bertz CT molecular complexity index is 704. The van der Waals surface area contributed by atoms with Gasteiger partial charge in [-0.2, -0.15) is 4.98 Å². The summed E-state index contributed by atoms with van der Waals surface area (Å²) >= 11 is 0. The highest BCUT2D eigenvalue weighted by molar-refractivity contribution is 5.78. The molecule has 0 unspecified atom stereocenters. The van der Waals surface area contributed by atoms with Crippen molar-refractivity contribution in [3.05, 3.63) is 41.8 Å². The summed E-state index contributed by atoms with van der Waals surface area (Å²) in [5.74, 6) is 1.36. The molecule has 1 amide bonds. The number of hydrogen-bond acceptors (Lipinski definition) is 6. The summed E-state index contributed by atoms with van der Waals surface area (Å²) in [4.78, 5) is 18.4. The van der Waals surface area contributed by atoms with E-state index in [1.165, 1.54) is 12.1 Å². The topological polar surface area (TPSA) is 80.5 Å². The standard InChI is InChI=1S/C17H21FN4O3/c1-12-20-17(21-25-12)15-3-2-9-22(15)11-16(23)19-8-10-24-14-6-4-13(18)5-7-14/h4-7,15H,2-3,8-11H2,1H3,(H,19,23)/t15-/m1/s1. The maximum absolute atomic E-state index is 12.8. The van der Waals surface area contributed by atoms with Crippen LogP contribution in [0.4, 0.5) is 4.39 Å². The van der Waals surface area contributed by atoms with Gasteiger partial charge in [-0.1, -0.05) is 5.16 Å². The largest absolute Gasteiger partial charge is 0.492 e. The minimum atomic E-state index is -0.308. The summed E-state index contributed by atoms with van der Waals surface area (Å²) in [6.45, 7) is 3.58. The molecule has 1 aromatic heterocycles. The second kappa shape index (κ2) is 8.06. The van der Waals surface area contributed by atoms with Crippen LogP contribution in [0.5, 0.6) is 5.75 Å². The first-order valence-electron chi connectivity index (χ1n) is 8.31. The van der Waals surface area contributed by atoms with Crippen molar-refractivity contribution in [3.8, 4) is 5.75 Å². The van der Waals surface area contributed by atoms with E-state index in [1.54, 1.807) is 19.1 Å². The summed E-state index contributed by atoms with van der Waals surface area (Å²) in [5, 5.41) is 6.79. The first kappa shape index (κ1) is 17.3. The number of aromatic nitrogens is 2. The van der Waals surface area contributed by atoms with Crippen LogP contribution in [0.1, 0.15) is 30.6 Å². The van der Waals surface area contributed by atoms with Gasteiger partial charge in [0.15, 0.2) is 5.82 Å². The Balaban J connectivity index is 1.40. The number of likely N-dealkylation sites (tertiary alicyclic amines) is 1. The highest BCUT2D eigenvalue weighted by Gasteiger charge is 2.30. The van der Waals surface area contributed by atoms with Gasteiger partial charge in [-0.3, -0.25) is 9.69 Å². The highest BCUT2D eigenvalue weighted by Crippen LogP contribution is 2.29. The fraction of sp³-hybridized carbons (Fsp3) is 0.471. The fourth-order valence-electron chi connectivity index (χ4n) is 2.89. The van der Waals surface area contributed by atoms with Gasteiger partial charge in [-0.05, 0) is 43.7 Å². The van der Waals surface area contributed by atoms with Crippen molar-refractivity contribution in [2.24, 2.45) is 0 Å². The van der Waals surface area contributed by atoms with E-state index in [1.807, 2.05) is 0 Å². The number of halogens is 1. The number of ether oxygens (including phenoxy) is 1. The van der Waals surface area contributed by atoms with Crippen LogP contribution in [0.25, 0.3) is 0 Å². The van der Waals surface area contributed by atoms with Crippen LogP contribution in [0, 0.1) is 12.7 Å². The third kappa shape index (κ3) is 4.76. The van der Waals surface area contributed by atoms with Crippen molar-refractivity contribution < 1.29 is 18.4 Å². The predicted octanol–water partition coefficient (Wildman–Crippen LogP) is 1.85. The first-order chi connectivity index (χ1) is 12.1. The lowest BCUT2D eigenvalue weighted by molar-refractivity contribution is -0.122. The van der Waals surface area contributed by atoms with E-state index >= 15 is 0 Å². The van der Waals surface area contributed by atoms with Gasteiger partial charge in [-0.25, -0.2) is 4.39 Å². The van der Waals surface area contributed by atoms with Crippen molar-refractivity contribution >= 4 is 5.91 Å². The summed E-state index contributed by atoms with van der Waals surface area (Å²) in [7, 11) is 0. The molecule has 0 aliphatic carbocycles. The van der Waals surface area contributed by atoms with Crippen LogP contribution >= 0.6 is 0 Å². The van der Waals surface area contributed by atoms with E-state index in [-0.39, 0.29) is 24.3 Å². The van der Waals surface area contributed by atoms with Crippen molar-refractivity contribution in [1.29, 1.82) is 0 Å². The Morgan fingerprint density at radius 3 is 2.96 bits per heavy atom. The number of nitrogens with zero attached hydrogens (tertiary/aromatic N) is 3. The molecule has 8 heteroatoms. The molecule has 2 aromatic rings. The third-order valence-corrected chi connectivity index (χ3v) is 4.06. The molecule has 25 heavy (non-hydrogen) atoms. The quantitative estimate of drug-likeness (QED) is 0.769. The number of aryl methyl sites for hydroxylation is 1. The molecule has 2 heterocycles. The average Bonchev–Trinajstić information content (AvgIpc) is 3.22. The van der Waals surface area contributed by atoms with Crippen LogP contribution in [0.2, 0.25) is 0 Å². The minimum absolute atomic E-state index is 0.0265. The molecule has 1 aliphatic heterocycles. The molecule has 0 spiro atoms. The fourth-order valence-corrected chi connectivity index (χ4v) is 2.89. The number of benzene rings is 1. The molecule has 1 fully saturated rings. The molecule has 0 bridgehead atoms. The van der Waals surface area contributed by atoms with Gasteiger partial charge >= 0.3 is 0 Å². The molecular weight excluding hydrogens is 327 g/mol. The molecular formula is C17H21FN4O3. The Hall–Kier alpha value is -2.48. The predicted molar refractivity (Wildman–Crippen MR) is 87.5 cm³/mol. The monoisotopic (exact) mass is 348 g/mol. The molecule has 1 aliphatic rings. The molecule has 1 saturated heterocycles. The van der Waals surface area contributed by atoms with E-state index in [0.717, 1.165) is 19.4 Å². The lowest BCUT2D eigenvalue weighted by atomic mass is 10.2. The third-order valence-electron chi connectivity index (χ3n) is 4.06. The Morgan fingerprint density at radius 2 is 2.24 bits per heavy atom. The van der Waals surface area contributed by atoms with Crippen molar-refractivity contribution in [1.82, 2.24) is 20.4 Å². The van der Waals surface area contributed by atoms with Gasteiger partial charge in [0.2, 0.25) is 11.8 Å². The number of hydrogen-bond donors (Lipinski definition) is 1. The van der Waals surface area contributed by atoms with Crippen LogP contribution in [-0.4, -0.2) is 47.2 Å². The second-order valence-corrected chi connectivity index (χ2v) is 5.95. The maximum Gasteiger partial charge on any atom is 0.234 e. The second-order valence-electron chi connectivity index (χ2n) is 5.95. The molecule has 7 nitrogen and oxygen atoms in total. The van der Waals surface area contributed by atoms with Crippen LogP contribution in [-0.2, 0) is 4.79 Å². The zero-order chi connectivity index (χ0) is 17.6. The van der Waals surface area contributed by atoms with Crippen molar-refractivity contribution in [2.75, 3.05) is 26.2 Å². The number of nitrogens with one attached hydrogen (secondary N) is 1. The number of rotatable bonds is 7. The van der Waals surface area contributed by atoms with Crippen LogP contribution in [0.3, 0.4) is 0 Å². The number of amides is 1. The van der Waals surface area contributed by atoms with E-state index < -0.39 is 0 Å². The zero-order valence-electron chi connectivity index (χ0n) is 14.1. The lowest BCUT2D eigenvalue weighted by Gasteiger charge is -2.21. The normalized spacial score (nSPS) is 17.6. The van der Waals surface area contributed by atoms with Gasteiger partial charge in [0.25, 0.3) is 0 Å².